The van der Waals surface area contributed by atoms with Gasteiger partial charge >= 0.3 is 11.9 Å². The summed E-state index contributed by atoms with van der Waals surface area (Å²) in [5.74, 6) is -6.50. The molecular weight excluding hydrogens is 442 g/mol. The molecule has 0 saturated heterocycles. The predicted molar refractivity (Wildman–Crippen MR) is 113 cm³/mol. The van der Waals surface area contributed by atoms with Crippen LogP contribution in [0.1, 0.15) is 46.0 Å². The number of aliphatic hydroxyl groups excluding tert-OH is 1. The summed E-state index contributed by atoms with van der Waals surface area (Å²) in [6, 6.07) is -5.36. The van der Waals surface area contributed by atoms with Crippen molar-refractivity contribution in [2.24, 2.45) is 17.4 Å². The second-order valence-corrected chi connectivity index (χ2v) is 7.56. The number of hydrogen-bond donors (Lipinski definition) is 8. The molecule has 0 aromatic carbocycles. The lowest BCUT2D eigenvalue weighted by Crippen LogP contribution is -2.59. The van der Waals surface area contributed by atoms with E-state index in [4.69, 9.17) is 21.7 Å². The minimum Gasteiger partial charge on any atom is -0.481 e. The smallest absolute Gasteiger partial charge is 0.326 e. The molecule has 5 atom stereocenters. The molecule has 0 rings (SSSR count). The summed E-state index contributed by atoms with van der Waals surface area (Å²) in [6.07, 6.45) is -1.07. The molecular formula is C19H33N5O9. The largest absolute Gasteiger partial charge is 0.481 e. The van der Waals surface area contributed by atoms with E-state index < -0.39 is 85.1 Å². The van der Waals surface area contributed by atoms with Crippen LogP contribution in [0.3, 0.4) is 0 Å². The van der Waals surface area contributed by atoms with Crippen LogP contribution in [0.15, 0.2) is 0 Å². The van der Waals surface area contributed by atoms with E-state index in [-0.39, 0.29) is 12.8 Å². The van der Waals surface area contributed by atoms with Crippen LogP contribution in [-0.2, 0) is 28.8 Å². The van der Waals surface area contributed by atoms with Gasteiger partial charge in [-0.15, -0.1) is 0 Å². The molecule has 188 valence electrons. The summed E-state index contributed by atoms with van der Waals surface area (Å²) >= 11 is 0. The normalized spacial score (nSPS) is 15.3. The van der Waals surface area contributed by atoms with Crippen molar-refractivity contribution in [3.8, 4) is 0 Å². The maximum Gasteiger partial charge on any atom is 0.326 e. The summed E-state index contributed by atoms with van der Waals surface area (Å²) < 4.78 is 0. The standard InChI is InChI=1S/C19H33N5O9/c1-3-9(2)15(24-16(29)10(20)8-25)18(31)22-11(4-6-13(21)26)17(30)23-12(19(32)33)5-7-14(27)28/h9-12,15,25H,3-8,20H2,1-2H3,(H2,21,26)(H,22,31)(H,23,30)(H,24,29)(H,27,28)(H,32,33). The predicted octanol–water partition coefficient (Wildman–Crippen LogP) is -2.98. The van der Waals surface area contributed by atoms with E-state index in [1.165, 1.54) is 0 Å². The number of nitrogens with two attached hydrogens (primary N) is 2. The molecule has 0 bridgehead atoms. The lowest BCUT2D eigenvalue weighted by atomic mass is 9.97. The van der Waals surface area contributed by atoms with Crippen LogP contribution in [0, 0.1) is 5.92 Å². The number of aliphatic hydroxyl groups is 1. The van der Waals surface area contributed by atoms with E-state index in [1.807, 2.05) is 0 Å². The van der Waals surface area contributed by atoms with Crippen LogP contribution < -0.4 is 27.4 Å². The van der Waals surface area contributed by atoms with E-state index in [2.05, 4.69) is 16.0 Å². The van der Waals surface area contributed by atoms with Crippen molar-refractivity contribution in [2.75, 3.05) is 6.61 Å². The van der Waals surface area contributed by atoms with Crippen molar-refractivity contribution in [3.63, 3.8) is 0 Å². The number of primary amides is 1. The number of rotatable bonds is 16. The van der Waals surface area contributed by atoms with Gasteiger partial charge in [-0.25, -0.2) is 4.79 Å². The zero-order valence-electron chi connectivity index (χ0n) is 18.6. The Morgan fingerprint density at radius 2 is 1.39 bits per heavy atom. The Hall–Kier alpha value is -3.26. The zero-order valence-corrected chi connectivity index (χ0v) is 18.6. The Labute approximate surface area is 190 Å². The lowest BCUT2D eigenvalue weighted by molar-refractivity contribution is -0.143. The Balaban J connectivity index is 5.59. The first kappa shape index (κ1) is 29.7. The maximum atomic E-state index is 12.9. The summed E-state index contributed by atoms with van der Waals surface area (Å²) in [5.41, 5.74) is 10.6. The molecule has 4 amide bonds. The lowest BCUT2D eigenvalue weighted by Gasteiger charge is -2.27. The van der Waals surface area contributed by atoms with Crippen molar-refractivity contribution in [3.05, 3.63) is 0 Å². The fourth-order valence-electron chi connectivity index (χ4n) is 2.66. The number of carbonyl (C=O) groups excluding carboxylic acids is 4. The Kier molecular flexibility index (Phi) is 13.3. The number of carboxylic acids is 2. The molecule has 10 N–H and O–H groups in total. The van der Waals surface area contributed by atoms with Gasteiger partial charge in [-0.2, -0.15) is 0 Å². The monoisotopic (exact) mass is 475 g/mol. The molecule has 0 fully saturated rings. The Bertz CT molecular complexity index is 730. The first-order valence-electron chi connectivity index (χ1n) is 10.3. The molecule has 14 nitrogen and oxygen atoms in total. The summed E-state index contributed by atoms with van der Waals surface area (Å²) in [7, 11) is 0. The van der Waals surface area contributed by atoms with E-state index in [0.717, 1.165) is 0 Å². The second kappa shape index (κ2) is 14.7. The van der Waals surface area contributed by atoms with Gasteiger partial charge in [-0.05, 0) is 18.8 Å². The molecule has 14 heteroatoms. The summed E-state index contributed by atoms with van der Waals surface area (Å²) in [5, 5.41) is 33.9. The van der Waals surface area contributed by atoms with Gasteiger partial charge in [-0.1, -0.05) is 20.3 Å². The zero-order chi connectivity index (χ0) is 25.7. The van der Waals surface area contributed by atoms with Gasteiger partial charge in [0.1, 0.15) is 24.2 Å². The first-order chi connectivity index (χ1) is 15.3. The van der Waals surface area contributed by atoms with Gasteiger partial charge in [0, 0.05) is 12.8 Å². The van der Waals surface area contributed by atoms with Crippen LogP contribution in [-0.4, -0.2) is 81.7 Å². The molecule has 0 radical (unpaired) electrons. The van der Waals surface area contributed by atoms with Crippen LogP contribution >= 0.6 is 0 Å². The third kappa shape index (κ3) is 11.2. The highest BCUT2D eigenvalue weighted by Gasteiger charge is 2.32. The third-order valence-corrected chi connectivity index (χ3v) is 4.90. The molecule has 0 heterocycles. The minimum absolute atomic E-state index is 0.268. The van der Waals surface area contributed by atoms with Gasteiger partial charge in [0.2, 0.25) is 23.6 Å². The molecule has 0 aliphatic rings. The van der Waals surface area contributed by atoms with Gasteiger partial charge in [0.25, 0.3) is 0 Å². The van der Waals surface area contributed by atoms with E-state index in [9.17, 15) is 33.9 Å². The molecule has 33 heavy (non-hydrogen) atoms. The number of carboxylic acid groups (broad SMARTS) is 2. The molecule has 0 spiro atoms. The topological polar surface area (TPSA) is 251 Å². The molecule has 0 aliphatic carbocycles. The van der Waals surface area contributed by atoms with E-state index >= 15 is 0 Å². The quantitative estimate of drug-likeness (QED) is 0.112. The van der Waals surface area contributed by atoms with E-state index in [0.29, 0.717) is 6.42 Å². The van der Waals surface area contributed by atoms with Crippen molar-refractivity contribution < 1.29 is 44.1 Å². The highest BCUT2D eigenvalue weighted by Crippen LogP contribution is 2.10. The maximum absolute atomic E-state index is 12.9. The van der Waals surface area contributed by atoms with Crippen molar-refractivity contribution >= 4 is 35.6 Å². The van der Waals surface area contributed by atoms with Gasteiger partial charge in [0.05, 0.1) is 6.61 Å². The van der Waals surface area contributed by atoms with Crippen LogP contribution in [0.5, 0.6) is 0 Å². The van der Waals surface area contributed by atoms with Gasteiger partial charge in [0.15, 0.2) is 0 Å². The fraction of sp³-hybridized carbons (Fsp3) is 0.684. The highest BCUT2D eigenvalue weighted by atomic mass is 16.4. The molecule has 0 saturated carbocycles. The fourth-order valence-corrected chi connectivity index (χ4v) is 2.66. The third-order valence-electron chi connectivity index (χ3n) is 4.90. The van der Waals surface area contributed by atoms with Crippen LogP contribution in [0.4, 0.5) is 0 Å². The van der Waals surface area contributed by atoms with Crippen molar-refractivity contribution in [1.29, 1.82) is 0 Å². The average Bonchev–Trinajstić information content (AvgIpc) is 2.75. The van der Waals surface area contributed by atoms with E-state index in [1.54, 1.807) is 13.8 Å². The van der Waals surface area contributed by atoms with Crippen LogP contribution in [0.25, 0.3) is 0 Å². The second-order valence-electron chi connectivity index (χ2n) is 7.56. The molecule has 5 unspecified atom stereocenters. The van der Waals surface area contributed by atoms with Gasteiger partial charge < -0.3 is 42.7 Å². The summed E-state index contributed by atoms with van der Waals surface area (Å²) in [4.78, 5) is 70.9. The summed E-state index contributed by atoms with van der Waals surface area (Å²) in [6.45, 7) is 2.75. The molecule has 0 aromatic rings. The van der Waals surface area contributed by atoms with Crippen molar-refractivity contribution in [2.45, 2.75) is 70.1 Å². The Morgan fingerprint density at radius 1 is 0.848 bits per heavy atom. The highest BCUT2D eigenvalue weighted by molar-refractivity contribution is 5.94. The van der Waals surface area contributed by atoms with Crippen molar-refractivity contribution in [1.82, 2.24) is 16.0 Å². The number of amides is 4. The van der Waals surface area contributed by atoms with Gasteiger partial charge in [-0.3, -0.25) is 24.0 Å². The molecule has 0 aliphatic heterocycles. The number of nitrogens with one attached hydrogen (secondary N) is 3. The first-order valence-corrected chi connectivity index (χ1v) is 10.3. The Morgan fingerprint density at radius 3 is 1.85 bits per heavy atom. The number of hydrogen-bond acceptors (Lipinski definition) is 8. The SMILES string of the molecule is CCC(C)C(NC(=O)C(N)CO)C(=O)NC(CCC(N)=O)C(=O)NC(CCC(=O)O)C(=O)O. The number of carbonyl (C=O) groups is 6. The van der Waals surface area contributed by atoms with Crippen LogP contribution in [0.2, 0.25) is 0 Å². The molecule has 0 aromatic heterocycles. The minimum atomic E-state index is -1.55. The number of aliphatic carboxylic acids is 2. The average molecular weight is 475 g/mol.